The highest BCUT2D eigenvalue weighted by atomic mass is 16.5. The number of pyridine rings is 1. The highest BCUT2D eigenvalue weighted by Crippen LogP contribution is 2.15. The Morgan fingerprint density at radius 1 is 1.28 bits per heavy atom. The quantitative estimate of drug-likeness (QED) is 0.881. The lowest BCUT2D eigenvalue weighted by molar-refractivity contribution is 0.0904. The van der Waals surface area contributed by atoms with Crippen molar-refractivity contribution >= 4 is 5.69 Å². The van der Waals surface area contributed by atoms with Crippen LogP contribution < -0.4 is 5.32 Å². The van der Waals surface area contributed by atoms with E-state index < -0.39 is 0 Å². The second-order valence-corrected chi connectivity index (χ2v) is 4.28. The van der Waals surface area contributed by atoms with Crippen molar-refractivity contribution in [3.05, 3.63) is 31.0 Å². The van der Waals surface area contributed by atoms with Gasteiger partial charge in [-0.05, 0) is 25.0 Å². The first kappa shape index (κ1) is 11.2. The van der Waals surface area contributed by atoms with Gasteiger partial charge in [0.05, 0.1) is 11.9 Å². The van der Waals surface area contributed by atoms with Crippen LogP contribution in [0.3, 0.4) is 0 Å². The molecule has 0 radical (unpaired) electrons. The first-order valence-corrected chi connectivity index (χ1v) is 6.07. The van der Waals surface area contributed by atoms with Crippen LogP contribution in [-0.4, -0.2) is 39.0 Å². The maximum atomic E-state index is 5.33. The van der Waals surface area contributed by atoms with Gasteiger partial charge in [0.25, 0.3) is 0 Å². The van der Waals surface area contributed by atoms with Gasteiger partial charge in [0, 0.05) is 19.3 Å². The molecule has 1 aliphatic rings. The number of ether oxygens (including phenoxy) is 1. The molecule has 0 saturated carbocycles. The van der Waals surface area contributed by atoms with Crippen LogP contribution in [0.15, 0.2) is 31.0 Å². The largest absolute Gasteiger partial charge is 0.381 e. The van der Waals surface area contributed by atoms with E-state index in [0.717, 1.165) is 37.6 Å². The molecule has 1 saturated heterocycles. The fourth-order valence-corrected chi connectivity index (χ4v) is 2.01. The molecule has 0 atom stereocenters. The number of anilines is 1. The van der Waals surface area contributed by atoms with Crippen LogP contribution in [0.1, 0.15) is 12.8 Å². The fraction of sp³-hybridized carbons (Fsp3) is 0.417. The van der Waals surface area contributed by atoms with Gasteiger partial charge in [-0.3, -0.25) is 0 Å². The van der Waals surface area contributed by atoms with Crippen LogP contribution in [0.2, 0.25) is 0 Å². The Morgan fingerprint density at radius 3 is 2.83 bits per heavy atom. The third-order valence-corrected chi connectivity index (χ3v) is 2.99. The summed E-state index contributed by atoms with van der Waals surface area (Å²) in [4.78, 5) is 8.25. The van der Waals surface area contributed by atoms with E-state index in [-0.39, 0.29) is 0 Å². The molecule has 3 heterocycles. The summed E-state index contributed by atoms with van der Waals surface area (Å²) < 4.78 is 6.97. The third kappa shape index (κ3) is 2.48. The zero-order valence-electron chi connectivity index (χ0n) is 9.99. The lowest BCUT2D eigenvalue weighted by Gasteiger charge is -2.23. The van der Waals surface area contributed by atoms with Crippen molar-refractivity contribution in [1.29, 1.82) is 0 Å². The molecule has 6 nitrogen and oxygen atoms in total. The predicted octanol–water partition coefficient (Wildman–Crippen LogP) is 1.25. The van der Waals surface area contributed by atoms with E-state index in [2.05, 4.69) is 20.4 Å². The van der Waals surface area contributed by atoms with E-state index in [1.165, 1.54) is 6.33 Å². The molecule has 94 valence electrons. The molecule has 2 aromatic heterocycles. The van der Waals surface area contributed by atoms with Gasteiger partial charge >= 0.3 is 0 Å². The van der Waals surface area contributed by atoms with E-state index in [4.69, 9.17) is 4.74 Å². The fourth-order valence-electron chi connectivity index (χ4n) is 2.01. The second-order valence-electron chi connectivity index (χ2n) is 4.28. The highest BCUT2D eigenvalue weighted by molar-refractivity contribution is 5.44. The molecule has 0 aromatic carbocycles. The molecule has 3 rings (SSSR count). The Balaban J connectivity index is 1.67. The monoisotopic (exact) mass is 245 g/mol. The van der Waals surface area contributed by atoms with Crippen LogP contribution in [-0.2, 0) is 4.74 Å². The van der Waals surface area contributed by atoms with Gasteiger partial charge in [-0.1, -0.05) is 0 Å². The van der Waals surface area contributed by atoms with Crippen molar-refractivity contribution in [1.82, 2.24) is 19.7 Å². The molecule has 0 unspecified atom stereocenters. The van der Waals surface area contributed by atoms with Gasteiger partial charge in [0.15, 0.2) is 5.82 Å². The Labute approximate surface area is 105 Å². The van der Waals surface area contributed by atoms with Crippen LogP contribution in [0, 0.1) is 0 Å². The first-order chi connectivity index (χ1) is 8.92. The molecule has 0 bridgehead atoms. The number of aromatic nitrogens is 4. The number of nitrogens with zero attached hydrogens (tertiary/aromatic N) is 4. The second kappa shape index (κ2) is 5.14. The summed E-state index contributed by atoms with van der Waals surface area (Å²) in [6.07, 6.45) is 7.05. The maximum absolute atomic E-state index is 5.33. The number of hydrogen-bond acceptors (Lipinski definition) is 5. The minimum atomic E-state index is 0.484. The maximum Gasteiger partial charge on any atom is 0.155 e. The lowest BCUT2D eigenvalue weighted by atomic mass is 10.1. The van der Waals surface area contributed by atoms with Gasteiger partial charge < -0.3 is 10.1 Å². The minimum absolute atomic E-state index is 0.484. The SMILES string of the molecule is c1ncn(-c2ccc(NC3CCOCC3)cn2)n1. The van der Waals surface area contributed by atoms with Gasteiger partial charge in [0.2, 0.25) is 0 Å². The predicted molar refractivity (Wildman–Crippen MR) is 66.6 cm³/mol. The molecule has 0 amide bonds. The Hall–Kier alpha value is -1.95. The zero-order valence-corrected chi connectivity index (χ0v) is 9.99. The summed E-state index contributed by atoms with van der Waals surface area (Å²) in [5.41, 5.74) is 1.03. The topological polar surface area (TPSA) is 64.9 Å². The van der Waals surface area contributed by atoms with Crippen LogP contribution in [0.5, 0.6) is 0 Å². The van der Waals surface area contributed by atoms with Crippen molar-refractivity contribution in [2.45, 2.75) is 18.9 Å². The molecule has 0 aliphatic carbocycles. The summed E-state index contributed by atoms with van der Waals surface area (Å²) in [7, 11) is 0. The van der Waals surface area contributed by atoms with Crippen LogP contribution in [0.4, 0.5) is 5.69 Å². The summed E-state index contributed by atoms with van der Waals surface area (Å²) in [6, 6.07) is 4.42. The van der Waals surface area contributed by atoms with E-state index in [1.807, 2.05) is 18.3 Å². The molecule has 2 aromatic rings. The molecule has 1 aliphatic heterocycles. The zero-order chi connectivity index (χ0) is 12.2. The number of nitrogens with one attached hydrogen (secondary N) is 1. The highest BCUT2D eigenvalue weighted by Gasteiger charge is 2.13. The molecular weight excluding hydrogens is 230 g/mol. The minimum Gasteiger partial charge on any atom is -0.381 e. The molecule has 1 fully saturated rings. The van der Waals surface area contributed by atoms with Gasteiger partial charge in [-0.2, -0.15) is 5.10 Å². The van der Waals surface area contributed by atoms with Crippen molar-refractivity contribution in [2.24, 2.45) is 0 Å². The Kier molecular flexibility index (Phi) is 3.18. The van der Waals surface area contributed by atoms with Crippen LogP contribution >= 0.6 is 0 Å². The van der Waals surface area contributed by atoms with Crippen molar-refractivity contribution in [3.8, 4) is 5.82 Å². The number of hydrogen-bond donors (Lipinski definition) is 1. The lowest BCUT2D eigenvalue weighted by Crippen LogP contribution is -2.27. The first-order valence-electron chi connectivity index (χ1n) is 6.07. The average molecular weight is 245 g/mol. The summed E-state index contributed by atoms with van der Waals surface area (Å²) in [6.45, 7) is 1.67. The molecular formula is C12H15N5O. The van der Waals surface area contributed by atoms with Crippen molar-refractivity contribution in [2.75, 3.05) is 18.5 Å². The average Bonchev–Trinajstić information content (AvgIpc) is 2.95. The van der Waals surface area contributed by atoms with Gasteiger partial charge in [-0.15, -0.1) is 0 Å². The van der Waals surface area contributed by atoms with E-state index in [0.29, 0.717) is 6.04 Å². The normalized spacial score (nSPS) is 16.7. The summed E-state index contributed by atoms with van der Waals surface area (Å²) >= 11 is 0. The van der Waals surface area contributed by atoms with Crippen LogP contribution in [0.25, 0.3) is 5.82 Å². The molecule has 0 spiro atoms. The van der Waals surface area contributed by atoms with Gasteiger partial charge in [0.1, 0.15) is 12.7 Å². The smallest absolute Gasteiger partial charge is 0.155 e. The van der Waals surface area contributed by atoms with E-state index in [1.54, 1.807) is 11.0 Å². The number of rotatable bonds is 3. The van der Waals surface area contributed by atoms with Gasteiger partial charge in [-0.25, -0.2) is 14.6 Å². The molecule has 18 heavy (non-hydrogen) atoms. The summed E-state index contributed by atoms with van der Waals surface area (Å²) in [5, 5.41) is 7.50. The Bertz CT molecular complexity index is 476. The standard InChI is InChI=1S/C12H15N5O/c1-2-12(17-9-13-8-15-17)14-7-11(1)16-10-3-5-18-6-4-10/h1-2,7-10,16H,3-6H2. The molecule has 6 heteroatoms. The summed E-state index contributed by atoms with van der Waals surface area (Å²) in [5.74, 6) is 0.769. The van der Waals surface area contributed by atoms with Crippen molar-refractivity contribution in [3.63, 3.8) is 0 Å². The molecule has 1 N–H and O–H groups in total. The Morgan fingerprint density at radius 2 is 2.17 bits per heavy atom. The van der Waals surface area contributed by atoms with E-state index >= 15 is 0 Å². The van der Waals surface area contributed by atoms with Crippen molar-refractivity contribution < 1.29 is 4.74 Å². The van der Waals surface area contributed by atoms with E-state index in [9.17, 15) is 0 Å². The third-order valence-electron chi connectivity index (χ3n) is 2.99.